The molecule has 17 nitrogen and oxygen atoms in total. The number of imidazole rings is 2. The Labute approximate surface area is 359 Å². The summed E-state index contributed by atoms with van der Waals surface area (Å²) in [4.78, 5) is 83.2. The number of carbonyl (C=O) groups is 4. The van der Waals surface area contributed by atoms with Crippen LogP contribution >= 0.6 is 0 Å². The van der Waals surface area contributed by atoms with Crippen LogP contribution in [-0.2, 0) is 25.7 Å². The zero-order valence-corrected chi connectivity index (χ0v) is 35.5. The number of hydrogen-bond acceptors (Lipinski definition) is 11. The van der Waals surface area contributed by atoms with Crippen LogP contribution in [0.2, 0.25) is 0 Å². The van der Waals surface area contributed by atoms with Crippen molar-refractivity contribution in [3.63, 3.8) is 0 Å². The van der Waals surface area contributed by atoms with Gasteiger partial charge in [-0.05, 0) is 30.0 Å². The molecular formula is C44H48F2N8O9. The third kappa shape index (κ3) is 8.18. The second kappa shape index (κ2) is 17.2. The molecule has 2 aromatic carbocycles. The quantitative estimate of drug-likeness (QED) is 0.117. The van der Waals surface area contributed by atoms with Gasteiger partial charge in [-0.2, -0.15) is 0 Å². The van der Waals surface area contributed by atoms with Crippen LogP contribution in [0.3, 0.4) is 0 Å². The van der Waals surface area contributed by atoms with E-state index in [0.717, 1.165) is 0 Å². The molecule has 0 bridgehead atoms. The molecule has 0 spiro atoms. The zero-order valence-electron chi connectivity index (χ0n) is 35.5. The Morgan fingerprint density at radius 1 is 0.778 bits per heavy atom. The number of carbonyl (C=O) groups excluding carboxylic acids is 4. The Balaban J connectivity index is 1.02. The van der Waals surface area contributed by atoms with Crippen molar-refractivity contribution in [1.82, 2.24) is 40.4 Å². The third-order valence-corrected chi connectivity index (χ3v) is 11.9. The first-order valence-corrected chi connectivity index (χ1v) is 20.7. The molecule has 0 radical (unpaired) electrons. The van der Waals surface area contributed by atoms with Crippen molar-refractivity contribution >= 4 is 35.0 Å². The Bertz CT molecular complexity index is 2640. The molecule has 6 atom stereocenters. The summed E-state index contributed by atoms with van der Waals surface area (Å²) in [6.45, 7) is 6.87. The first-order chi connectivity index (χ1) is 30.1. The molecule has 6 heterocycles. The molecular weight excluding hydrogens is 823 g/mol. The van der Waals surface area contributed by atoms with Crippen LogP contribution in [0.5, 0.6) is 5.75 Å². The molecule has 0 unspecified atom stereocenters. The van der Waals surface area contributed by atoms with Crippen LogP contribution in [-0.4, -0.2) is 105 Å². The highest BCUT2D eigenvalue weighted by atomic mass is 19.1. The van der Waals surface area contributed by atoms with Crippen molar-refractivity contribution in [3.8, 4) is 39.4 Å². The molecule has 63 heavy (non-hydrogen) atoms. The fourth-order valence-electron chi connectivity index (χ4n) is 8.66. The Hall–Kier alpha value is -6.79. The van der Waals surface area contributed by atoms with Gasteiger partial charge in [-0.1, -0.05) is 45.9 Å². The average molecular weight is 871 g/mol. The lowest BCUT2D eigenvalue weighted by molar-refractivity contribution is -0.136. The number of fused-ring (bicyclic) bond motifs is 5. The molecule has 0 aliphatic carbocycles. The number of ether oxygens (including phenoxy) is 3. The minimum atomic E-state index is -1.29. The highest BCUT2D eigenvalue weighted by molar-refractivity contribution is 5.92. The minimum absolute atomic E-state index is 0.0203. The van der Waals surface area contributed by atoms with Gasteiger partial charge in [0.05, 0.1) is 68.7 Å². The third-order valence-electron chi connectivity index (χ3n) is 11.9. The SMILES string of the molecule is COC(=O)N[C@H](C(=O)N1C[C@H](F)C[C@H]1c1ncc(-c2ccc3c(c2)OCc2c-3c(=O)oc3cc(-c4cnc([C@@H]5C[C@@H](F)CN5C(=O)[C@@H](NC(=O)OC)C(C)C)[nH]4)ccc23)[nH]1)C(C)C. The Morgan fingerprint density at radius 2 is 1.29 bits per heavy atom. The van der Waals surface area contributed by atoms with E-state index in [1.807, 2.05) is 12.1 Å². The van der Waals surface area contributed by atoms with Gasteiger partial charge in [0, 0.05) is 40.5 Å². The number of rotatable bonds is 10. The van der Waals surface area contributed by atoms with Crippen LogP contribution in [0, 0.1) is 11.8 Å². The molecule has 332 valence electrons. The number of aromatic nitrogens is 4. The van der Waals surface area contributed by atoms with Crippen LogP contribution < -0.4 is 21.0 Å². The van der Waals surface area contributed by atoms with E-state index in [2.05, 4.69) is 30.6 Å². The van der Waals surface area contributed by atoms with Gasteiger partial charge in [-0.15, -0.1) is 0 Å². The smallest absolute Gasteiger partial charge is 0.407 e. The van der Waals surface area contributed by atoms with Gasteiger partial charge in [-0.25, -0.2) is 33.1 Å². The summed E-state index contributed by atoms with van der Waals surface area (Å²) in [6.07, 6.45) is -0.894. The fraction of sp³-hybridized carbons (Fsp3) is 0.432. The van der Waals surface area contributed by atoms with E-state index in [4.69, 9.17) is 18.6 Å². The summed E-state index contributed by atoms with van der Waals surface area (Å²) in [5.74, 6) is -0.272. The normalized spacial score (nSPS) is 20.3. The maximum Gasteiger partial charge on any atom is 0.407 e. The number of nitrogens with zero attached hydrogens (tertiary/aromatic N) is 4. The Morgan fingerprint density at radius 3 is 1.79 bits per heavy atom. The van der Waals surface area contributed by atoms with E-state index < -0.39 is 66.1 Å². The summed E-state index contributed by atoms with van der Waals surface area (Å²) in [5, 5.41) is 5.78. The van der Waals surface area contributed by atoms with E-state index in [0.29, 0.717) is 67.6 Å². The monoisotopic (exact) mass is 870 g/mol. The standard InChI is InChI=1S/C44H48F2N8O9/c1-20(2)36(51-43(58)60-5)40(55)53-17-24(45)13-31(53)38-47-15-29(49-38)22-8-10-27-33(11-22)62-19-28-26-9-7-23(12-34(26)63-42(57)35(27)28)30-16-48-39(50-30)32-14-25(46)18-54(32)41(56)37(21(3)4)52-44(59)61-6/h7-12,15-16,20-21,24-25,31-32,36-37H,13-14,17-19H2,1-6H3,(H,47,49)(H,48,50)(H,51,58)(H,52,59)/t24-,25-,31+,32+,36+,37+/m1/s1. The number of alkyl carbamates (subject to hydrolysis) is 2. The first-order valence-electron chi connectivity index (χ1n) is 20.7. The van der Waals surface area contributed by atoms with E-state index in [9.17, 15) is 32.8 Å². The second-order valence-electron chi connectivity index (χ2n) is 16.7. The summed E-state index contributed by atoms with van der Waals surface area (Å²) in [7, 11) is 2.41. The summed E-state index contributed by atoms with van der Waals surface area (Å²) in [6, 6.07) is 7.42. The molecule has 3 aliphatic heterocycles. The van der Waals surface area contributed by atoms with Gasteiger partial charge in [-0.3, -0.25) is 9.59 Å². The molecule has 2 saturated heterocycles. The minimum Gasteiger partial charge on any atom is -0.488 e. The van der Waals surface area contributed by atoms with Crippen LogP contribution in [0.1, 0.15) is 69.8 Å². The molecule has 4 N–H and O–H groups in total. The van der Waals surface area contributed by atoms with Crippen molar-refractivity contribution in [2.45, 2.75) is 83.7 Å². The fourth-order valence-corrected chi connectivity index (χ4v) is 8.66. The molecule has 2 fully saturated rings. The molecule has 8 rings (SSSR count). The summed E-state index contributed by atoms with van der Waals surface area (Å²) in [5.41, 5.74) is 3.73. The lowest BCUT2D eigenvalue weighted by atomic mass is 9.94. The number of halogens is 2. The highest BCUT2D eigenvalue weighted by Gasteiger charge is 2.43. The number of aromatic amines is 2. The van der Waals surface area contributed by atoms with Gasteiger partial charge < -0.3 is 49.0 Å². The van der Waals surface area contributed by atoms with E-state index in [1.165, 1.54) is 24.0 Å². The van der Waals surface area contributed by atoms with Crippen LogP contribution in [0.25, 0.3) is 44.6 Å². The number of hydrogen-bond donors (Lipinski definition) is 4. The number of H-pyrrole nitrogens is 2. The van der Waals surface area contributed by atoms with Crippen LogP contribution in [0.15, 0.2) is 58.0 Å². The number of alkyl halides is 2. The van der Waals surface area contributed by atoms with Crippen molar-refractivity contribution < 1.29 is 46.6 Å². The molecule has 3 aliphatic rings. The first kappa shape index (κ1) is 42.9. The zero-order chi connectivity index (χ0) is 44.9. The summed E-state index contributed by atoms with van der Waals surface area (Å²) < 4.78 is 51.3. The van der Waals surface area contributed by atoms with E-state index >= 15 is 0 Å². The Kier molecular flexibility index (Phi) is 11.7. The average Bonchev–Trinajstić information content (AvgIpc) is 4.10. The number of nitrogens with one attached hydrogen (secondary N) is 4. The van der Waals surface area contributed by atoms with Crippen molar-refractivity contribution in [1.29, 1.82) is 0 Å². The largest absolute Gasteiger partial charge is 0.488 e. The molecule has 3 aromatic heterocycles. The van der Waals surface area contributed by atoms with Gasteiger partial charge in [0.1, 0.15) is 54.0 Å². The van der Waals surface area contributed by atoms with E-state index in [1.54, 1.807) is 64.4 Å². The lowest BCUT2D eigenvalue weighted by Gasteiger charge is -2.29. The van der Waals surface area contributed by atoms with E-state index in [-0.39, 0.29) is 44.4 Å². The van der Waals surface area contributed by atoms with Crippen molar-refractivity contribution in [2.24, 2.45) is 11.8 Å². The van der Waals surface area contributed by atoms with Crippen molar-refractivity contribution in [2.75, 3.05) is 27.3 Å². The maximum absolute atomic E-state index is 14.9. The molecule has 4 amide bonds. The molecule has 5 aromatic rings. The molecule has 19 heteroatoms. The molecule has 0 saturated carbocycles. The van der Waals surface area contributed by atoms with Gasteiger partial charge in [0.2, 0.25) is 11.8 Å². The van der Waals surface area contributed by atoms with Crippen molar-refractivity contribution in [3.05, 3.63) is 76.4 Å². The van der Waals surface area contributed by atoms with Gasteiger partial charge in [0.15, 0.2) is 0 Å². The number of likely N-dealkylation sites (tertiary alicyclic amines) is 2. The van der Waals surface area contributed by atoms with Gasteiger partial charge >= 0.3 is 17.8 Å². The lowest BCUT2D eigenvalue weighted by Crippen LogP contribution is -2.51. The predicted octanol–water partition coefficient (Wildman–Crippen LogP) is 6.12. The second-order valence-corrected chi connectivity index (χ2v) is 16.7. The topological polar surface area (TPSA) is 214 Å². The highest BCUT2D eigenvalue weighted by Crippen LogP contribution is 2.42. The number of benzene rings is 2. The summed E-state index contributed by atoms with van der Waals surface area (Å²) >= 11 is 0. The number of amides is 4. The van der Waals surface area contributed by atoms with Gasteiger partial charge in [0.25, 0.3) is 0 Å². The number of methoxy groups -OCH3 is 2. The maximum atomic E-state index is 14.9. The van der Waals surface area contributed by atoms with Crippen LogP contribution in [0.4, 0.5) is 18.4 Å². The predicted molar refractivity (Wildman–Crippen MR) is 224 cm³/mol.